The van der Waals surface area contributed by atoms with Gasteiger partial charge in [0.05, 0.1) is 0 Å². The molecular weight excluding hydrogens is 248 g/mol. The van der Waals surface area contributed by atoms with E-state index < -0.39 is 0 Å². The van der Waals surface area contributed by atoms with Crippen LogP contribution in [0, 0.1) is 11.3 Å². The van der Waals surface area contributed by atoms with E-state index in [1.54, 1.807) is 11.1 Å². The first-order chi connectivity index (χ1) is 7.11. The minimum Gasteiger partial charge on any atom is -0.0922 e. The molecule has 82 valence electrons. The molecule has 1 aliphatic rings. The smallest absolute Gasteiger partial charge is 0.00827 e. The molecule has 0 radical (unpaired) electrons. The molecule has 15 heavy (non-hydrogen) atoms. The third-order valence-corrected chi connectivity index (χ3v) is 4.86. The summed E-state index contributed by atoms with van der Waals surface area (Å²) >= 11 is 3.61. The SMILES string of the molecule is CC(C)(CBr)CC1Cc2ccccc2C1. The van der Waals surface area contributed by atoms with Crippen LogP contribution < -0.4 is 0 Å². The highest BCUT2D eigenvalue weighted by molar-refractivity contribution is 9.09. The molecule has 0 saturated heterocycles. The highest BCUT2D eigenvalue weighted by atomic mass is 79.9. The van der Waals surface area contributed by atoms with Gasteiger partial charge in [0.2, 0.25) is 0 Å². The molecule has 0 fully saturated rings. The molecule has 0 saturated carbocycles. The topological polar surface area (TPSA) is 0 Å². The summed E-state index contributed by atoms with van der Waals surface area (Å²) in [6.07, 6.45) is 3.89. The summed E-state index contributed by atoms with van der Waals surface area (Å²) in [4.78, 5) is 0. The van der Waals surface area contributed by atoms with E-state index in [2.05, 4.69) is 54.0 Å². The van der Waals surface area contributed by atoms with E-state index in [4.69, 9.17) is 0 Å². The van der Waals surface area contributed by atoms with Gasteiger partial charge in [0.25, 0.3) is 0 Å². The Hall–Kier alpha value is -0.300. The zero-order chi connectivity index (χ0) is 10.9. The Morgan fingerprint density at radius 2 is 1.73 bits per heavy atom. The number of rotatable bonds is 3. The van der Waals surface area contributed by atoms with Crippen molar-refractivity contribution in [3.05, 3.63) is 35.4 Å². The molecule has 0 spiro atoms. The van der Waals surface area contributed by atoms with E-state index >= 15 is 0 Å². The standard InChI is InChI=1S/C14H19Br/c1-14(2,10-15)9-11-7-12-5-3-4-6-13(12)8-11/h3-6,11H,7-10H2,1-2H3. The van der Waals surface area contributed by atoms with Crippen LogP contribution in [0.2, 0.25) is 0 Å². The second-order valence-corrected chi connectivity index (χ2v) is 6.11. The monoisotopic (exact) mass is 266 g/mol. The summed E-state index contributed by atoms with van der Waals surface area (Å²) in [6.45, 7) is 4.70. The van der Waals surface area contributed by atoms with Crippen LogP contribution in [0.3, 0.4) is 0 Å². The van der Waals surface area contributed by atoms with E-state index in [1.165, 1.54) is 19.3 Å². The lowest BCUT2D eigenvalue weighted by molar-refractivity contribution is 0.309. The average Bonchev–Trinajstić information content (AvgIpc) is 2.58. The van der Waals surface area contributed by atoms with Crippen LogP contribution in [0.5, 0.6) is 0 Å². The van der Waals surface area contributed by atoms with Crippen LogP contribution in [0.25, 0.3) is 0 Å². The first kappa shape index (κ1) is 11.2. The largest absolute Gasteiger partial charge is 0.0922 e. The lowest BCUT2D eigenvalue weighted by atomic mass is 9.83. The van der Waals surface area contributed by atoms with Gasteiger partial charge in [-0.2, -0.15) is 0 Å². The van der Waals surface area contributed by atoms with E-state index in [-0.39, 0.29) is 0 Å². The van der Waals surface area contributed by atoms with Crippen molar-refractivity contribution in [2.24, 2.45) is 11.3 Å². The first-order valence-electron chi connectivity index (χ1n) is 5.73. The second-order valence-electron chi connectivity index (χ2n) is 5.54. The summed E-state index contributed by atoms with van der Waals surface area (Å²) in [5.41, 5.74) is 3.59. The van der Waals surface area contributed by atoms with Crippen molar-refractivity contribution >= 4 is 15.9 Å². The number of fused-ring (bicyclic) bond motifs is 1. The molecule has 0 amide bonds. The number of benzene rings is 1. The molecule has 0 unspecified atom stereocenters. The zero-order valence-electron chi connectivity index (χ0n) is 9.59. The van der Waals surface area contributed by atoms with Gasteiger partial charge in [0.15, 0.2) is 0 Å². The number of alkyl halides is 1. The third kappa shape index (κ3) is 2.63. The van der Waals surface area contributed by atoms with Crippen molar-refractivity contribution in [3.8, 4) is 0 Å². The molecule has 2 rings (SSSR count). The summed E-state index contributed by atoms with van der Waals surface area (Å²) in [5.74, 6) is 0.856. The molecule has 0 bridgehead atoms. The Morgan fingerprint density at radius 1 is 1.20 bits per heavy atom. The molecular formula is C14H19Br. The normalized spacial score (nSPS) is 16.7. The van der Waals surface area contributed by atoms with Crippen molar-refractivity contribution < 1.29 is 0 Å². The summed E-state index contributed by atoms with van der Waals surface area (Å²) in [6, 6.07) is 8.90. The number of hydrogen-bond acceptors (Lipinski definition) is 0. The van der Waals surface area contributed by atoms with E-state index in [0.717, 1.165) is 11.2 Å². The van der Waals surface area contributed by atoms with E-state index in [0.29, 0.717) is 5.41 Å². The molecule has 1 aromatic rings. The maximum absolute atomic E-state index is 3.61. The van der Waals surface area contributed by atoms with Gasteiger partial charge >= 0.3 is 0 Å². The highest BCUT2D eigenvalue weighted by Gasteiger charge is 2.27. The summed E-state index contributed by atoms with van der Waals surface area (Å²) in [5, 5.41) is 1.10. The Balaban J connectivity index is 2.02. The molecule has 1 aliphatic carbocycles. The van der Waals surface area contributed by atoms with Crippen molar-refractivity contribution in [1.29, 1.82) is 0 Å². The van der Waals surface area contributed by atoms with Gasteiger partial charge in [0, 0.05) is 5.33 Å². The fourth-order valence-electron chi connectivity index (χ4n) is 2.63. The summed E-state index contributed by atoms with van der Waals surface area (Å²) < 4.78 is 0. The van der Waals surface area contributed by atoms with Crippen LogP contribution >= 0.6 is 15.9 Å². The second kappa shape index (κ2) is 4.29. The maximum Gasteiger partial charge on any atom is 0.00827 e. The minimum absolute atomic E-state index is 0.437. The van der Waals surface area contributed by atoms with Crippen LogP contribution in [0.1, 0.15) is 31.4 Å². The number of halogens is 1. The van der Waals surface area contributed by atoms with Crippen molar-refractivity contribution in [2.45, 2.75) is 33.1 Å². The lowest BCUT2D eigenvalue weighted by Crippen LogP contribution is -2.18. The maximum atomic E-state index is 3.61. The van der Waals surface area contributed by atoms with Gasteiger partial charge in [-0.1, -0.05) is 54.0 Å². The van der Waals surface area contributed by atoms with Gasteiger partial charge in [-0.3, -0.25) is 0 Å². The van der Waals surface area contributed by atoms with Gasteiger partial charge in [-0.15, -0.1) is 0 Å². The molecule has 0 aliphatic heterocycles. The fraction of sp³-hybridized carbons (Fsp3) is 0.571. The Labute approximate surface area is 101 Å². The quantitative estimate of drug-likeness (QED) is 0.719. The van der Waals surface area contributed by atoms with Gasteiger partial charge in [-0.05, 0) is 41.7 Å². The van der Waals surface area contributed by atoms with Gasteiger partial charge in [0.1, 0.15) is 0 Å². The molecule has 0 atom stereocenters. The van der Waals surface area contributed by atoms with E-state index in [1.807, 2.05) is 0 Å². The lowest BCUT2D eigenvalue weighted by Gasteiger charge is -2.25. The Morgan fingerprint density at radius 3 is 2.20 bits per heavy atom. The highest BCUT2D eigenvalue weighted by Crippen LogP contribution is 2.35. The first-order valence-corrected chi connectivity index (χ1v) is 6.86. The van der Waals surface area contributed by atoms with Crippen molar-refractivity contribution in [2.75, 3.05) is 5.33 Å². The van der Waals surface area contributed by atoms with Gasteiger partial charge in [-0.25, -0.2) is 0 Å². The Kier molecular flexibility index (Phi) is 3.20. The predicted octanol–water partition coefficient (Wildman–Crippen LogP) is 4.21. The Bertz CT molecular complexity index is 316. The van der Waals surface area contributed by atoms with E-state index in [9.17, 15) is 0 Å². The zero-order valence-corrected chi connectivity index (χ0v) is 11.2. The molecule has 0 nitrogen and oxygen atoms in total. The third-order valence-electron chi connectivity index (χ3n) is 3.34. The molecule has 0 N–H and O–H groups in total. The molecule has 1 heteroatoms. The van der Waals surface area contributed by atoms with Crippen LogP contribution in [0.4, 0.5) is 0 Å². The van der Waals surface area contributed by atoms with Crippen LogP contribution in [-0.2, 0) is 12.8 Å². The predicted molar refractivity (Wildman–Crippen MR) is 69.5 cm³/mol. The minimum atomic E-state index is 0.437. The summed E-state index contributed by atoms with van der Waals surface area (Å²) in [7, 11) is 0. The van der Waals surface area contributed by atoms with Gasteiger partial charge < -0.3 is 0 Å². The van der Waals surface area contributed by atoms with Crippen LogP contribution in [0.15, 0.2) is 24.3 Å². The van der Waals surface area contributed by atoms with Crippen LogP contribution in [-0.4, -0.2) is 5.33 Å². The molecule has 0 heterocycles. The molecule has 0 aromatic heterocycles. The molecule has 1 aromatic carbocycles. The fourth-order valence-corrected chi connectivity index (χ4v) is 2.86. The van der Waals surface area contributed by atoms with Crippen molar-refractivity contribution in [3.63, 3.8) is 0 Å². The van der Waals surface area contributed by atoms with Crippen molar-refractivity contribution in [1.82, 2.24) is 0 Å². The average molecular weight is 267 g/mol. The number of hydrogen-bond donors (Lipinski definition) is 0.